The van der Waals surface area contributed by atoms with Gasteiger partial charge in [0.25, 0.3) is 5.91 Å². The Bertz CT molecular complexity index is 552. The number of nitriles is 1. The first-order valence-corrected chi connectivity index (χ1v) is 6.88. The van der Waals surface area contributed by atoms with Crippen molar-refractivity contribution < 1.29 is 14.3 Å². The van der Waals surface area contributed by atoms with Gasteiger partial charge in [0.05, 0.1) is 13.2 Å². The lowest BCUT2D eigenvalue weighted by atomic mass is 10.1. The van der Waals surface area contributed by atoms with Crippen LogP contribution in [0.15, 0.2) is 29.8 Å². The van der Waals surface area contributed by atoms with Gasteiger partial charge in [-0.2, -0.15) is 5.26 Å². The number of carbonyl (C=O) groups excluding carboxylic acids is 1. The molecule has 0 radical (unpaired) electrons. The van der Waals surface area contributed by atoms with E-state index in [0.29, 0.717) is 6.54 Å². The van der Waals surface area contributed by atoms with Crippen LogP contribution >= 0.6 is 0 Å². The van der Waals surface area contributed by atoms with Crippen molar-refractivity contribution in [3.05, 3.63) is 35.4 Å². The Balaban J connectivity index is 1.98. The molecule has 1 N–H and O–H groups in total. The van der Waals surface area contributed by atoms with Crippen molar-refractivity contribution in [1.29, 1.82) is 5.26 Å². The van der Waals surface area contributed by atoms with E-state index in [1.165, 1.54) is 0 Å². The first-order valence-electron chi connectivity index (χ1n) is 6.88. The number of rotatable bonds is 5. The number of hydrogen-bond donors (Lipinski definition) is 1. The molecule has 1 heterocycles. The number of methoxy groups -OCH3 is 1. The van der Waals surface area contributed by atoms with Crippen LogP contribution in [0.1, 0.15) is 18.4 Å². The fourth-order valence-corrected chi connectivity index (χ4v) is 2.12. The lowest BCUT2D eigenvalue weighted by Crippen LogP contribution is -2.32. The average molecular weight is 286 g/mol. The maximum Gasteiger partial charge on any atom is 0.262 e. The van der Waals surface area contributed by atoms with Crippen molar-refractivity contribution in [3.8, 4) is 11.8 Å². The van der Waals surface area contributed by atoms with Crippen molar-refractivity contribution in [2.24, 2.45) is 0 Å². The summed E-state index contributed by atoms with van der Waals surface area (Å²) in [5.74, 6) is 0.359. The zero-order chi connectivity index (χ0) is 15.1. The van der Waals surface area contributed by atoms with Gasteiger partial charge in [0.15, 0.2) is 0 Å². The van der Waals surface area contributed by atoms with Gasteiger partial charge in [-0.1, -0.05) is 12.1 Å². The zero-order valence-corrected chi connectivity index (χ0v) is 12.0. The number of carbonyl (C=O) groups is 1. The highest BCUT2D eigenvalue weighted by molar-refractivity contribution is 6.01. The molecular weight excluding hydrogens is 268 g/mol. The van der Waals surface area contributed by atoms with E-state index in [-0.39, 0.29) is 17.6 Å². The van der Waals surface area contributed by atoms with Crippen LogP contribution in [0.25, 0.3) is 6.08 Å². The maximum absolute atomic E-state index is 12.0. The summed E-state index contributed by atoms with van der Waals surface area (Å²) in [7, 11) is 1.59. The quantitative estimate of drug-likeness (QED) is 0.663. The van der Waals surface area contributed by atoms with E-state index in [1.54, 1.807) is 37.5 Å². The normalized spacial score (nSPS) is 18.1. The van der Waals surface area contributed by atoms with Gasteiger partial charge < -0.3 is 14.8 Å². The van der Waals surface area contributed by atoms with Crippen LogP contribution in [0, 0.1) is 11.3 Å². The fraction of sp³-hybridized carbons (Fsp3) is 0.375. The molecule has 0 spiro atoms. The number of nitrogens with zero attached hydrogens (tertiary/aromatic N) is 1. The van der Waals surface area contributed by atoms with Crippen LogP contribution in [-0.4, -0.2) is 32.3 Å². The van der Waals surface area contributed by atoms with E-state index in [9.17, 15) is 4.79 Å². The molecule has 1 aliphatic heterocycles. The molecule has 0 aromatic heterocycles. The molecule has 0 aliphatic carbocycles. The second-order valence-corrected chi connectivity index (χ2v) is 4.79. The van der Waals surface area contributed by atoms with Crippen LogP contribution in [0.4, 0.5) is 0 Å². The van der Waals surface area contributed by atoms with Crippen LogP contribution in [0.5, 0.6) is 5.75 Å². The van der Waals surface area contributed by atoms with Gasteiger partial charge in [-0.15, -0.1) is 0 Å². The minimum atomic E-state index is -0.371. The predicted octanol–water partition coefficient (Wildman–Crippen LogP) is 1.90. The molecule has 5 heteroatoms. The second-order valence-electron chi connectivity index (χ2n) is 4.79. The van der Waals surface area contributed by atoms with Crippen molar-refractivity contribution in [2.75, 3.05) is 20.3 Å². The van der Waals surface area contributed by atoms with E-state index in [0.717, 1.165) is 30.8 Å². The first-order chi connectivity index (χ1) is 10.2. The van der Waals surface area contributed by atoms with Crippen LogP contribution in [-0.2, 0) is 9.53 Å². The summed E-state index contributed by atoms with van der Waals surface area (Å²) in [6.45, 7) is 1.19. The van der Waals surface area contributed by atoms with Gasteiger partial charge in [-0.3, -0.25) is 4.79 Å². The first kappa shape index (κ1) is 15.1. The highest BCUT2D eigenvalue weighted by Gasteiger charge is 2.17. The maximum atomic E-state index is 12.0. The SMILES string of the molecule is COc1ccc(/C=C(\C#N)C(=O)NCC2CCCO2)cc1. The molecule has 0 bridgehead atoms. The molecule has 1 atom stereocenters. The second kappa shape index (κ2) is 7.46. The summed E-state index contributed by atoms with van der Waals surface area (Å²) in [6, 6.07) is 9.09. The number of benzene rings is 1. The number of hydrogen-bond acceptors (Lipinski definition) is 4. The highest BCUT2D eigenvalue weighted by atomic mass is 16.5. The number of nitrogens with one attached hydrogen (secondary N) is 1. The fourth-order valence-electron chi connectivity index (χ4n) is 2.12. The number of amides is 1. The minimum absolute atomic E-state index is 0.0647. The zero-order valence-electron chi connectivity index (χ0n) is 12.0. The van der Waals surface area contributed by atoms with E-state index in [2.05, 4.69) is 5.32 Å². The summed E-state index contributed by atoms with van der Waals surface area (Å²) in [4.78, 5) is 12.0. The topological polar surface area (TPSA) is 71.3 Å². The largest absolute Gasteiger partial charge is 0.497 e. The Labute approximate surface area is 124 Å². The minimum Gasteiger partial charge on any atom is -0.497 e. The summed E-state index contributed by atoms with van der Waals surface area (Å²) >= 11 is 0. The molecule has 2 rings (SSSR count). The predicted molar refractivity (Wildman–Crippen MR) is 78.6 cm³/mol. The summed E-state index contributed by atoms with van der Waals surface area (Å²) in [5.41, 5.74) is 0.859. The standard InChI is InChI=1S/C16H18N2O3/c1-20-14-6-4-12(5-7-14)9-13(10-17)16(19)18-11-15-3-2-8-21-15/h4-7,9,15H,2-3,8,11H2,1H3,(H,18,19)/b13-9+. The van der Waals surface area contributed by atoms with Gasteiger partial charge in [0.1, 0.15) is 17.4 Å². The Hall–Kier alpha value is -2.32. The van der Waals surface area contributed by atoms with Gasteiger partial charge >= 0.3 is 0 Å². The lowest BCUT2D eigenvalue weighted by molar-refractivity contribution is -0.117. The molecule has 5 nitrogen and oxygen atoms in total. The molecule has 1 aromatic rings. The molecule has 21 heavy (non-hydrogen) atoms. The highest BCUT2D eigenvalue weighted by Crippen LogP contribution is 2.14. The molecule has 1 fully saturated rings. The average Bonchev–Trinajstić information content (AvgIpc) is 3.04. The lowest BCUT2D eigenvalue weighted by Gasteiger charge is -2.10. The third-order valence-electron chi connectivity index (χ3n) is 3.31. The van der Waals surface area contributed by atoms with Crippen molar-refractivity contribution >= 4 is 12.0 Å². The molecule has 1 aliphatic rings. The molecule has 1 amide bonds. The Morgan fingerprint density at radius 1 is 1.52 bits per heavy atom. The molecule has 1 saturated heterocycles. The van der Waals surface area contributed by atoms with E-state index >= 15 is 0 Å². The van der Waals surface area contributed by atoms with Crippen LogP contribution < -0.4 is 10.1 Å². The Morgan fingerprint density at radius 3 is 2.86 bits per heavy atom. The van der Waals surface area contributed by atoms with Crippen molar-refractivity contribution in [3.63, 3.8) is 0 Å². The van der Waals surface area contributed by atoms with E-state index in [1.807, 2.05) is 6.07 Å². The molecule has 1 unspecified atom stereocenters. The molecular formula is C16H18N2O3. The Morgan fingerprint density at radius 2 is 2.29 bits per heavy atom. The van der Waals surface area contributed by atoms with Crippen LogP contribution in [0.2, 0.25) is 0 Å². The monoisotopic (exact) mass is 286 g/mol. The summed E-state index contributed by atoms with van der Waals surface area (Å²) < 4.78 is 10.5. The van der Waals surface area contributed by atoms with Gasteiger partial charge in [-0.25, -0.2) is 0 Å². The number of ether oxygens (including phenoxy) is 2. The molecule has 0 saturated carbocycles. The third kappa shape index (κ3) is 4.33. The van der Waals surface area contributed by atoms with Gasteiger partial charge in [-0.05, 0) is 36.6 Å². The van der Waals surface area contributed by atoms with Gasteiger partial charge in [0.2, 0.25) is 0 Å². The van der Waals surface area contributed by atoms with Crippen LogP contribution in [0.3, 0.4) is 0 Å². The van der Waals surface area contributed by atoms with E-state index < -0.39 is 0 Å². The third-order valence-corrected chi connectivity index (χ3v) is 3.31. The smallest absolute Gasteiger partial charge is 0.262 e. The summed E-state index contributed by atoms with van der Waals surface area (Å²) in [6.07, 6.45) is 3.59. The van der Waals surface area contributed by atoms with E-state index in [4.69, 9.17) is 14.7 Å². The molecule has 110 valence electrons. The van der Waals surface area contributed by atoms with Crippen molar-refractivity contribution in [2.45, 2.75) is 18.9 Å². The Kier molecular flexibility index (Phi) is 5.35. The molecule has 1 aromatic carbocycles. The summed E-state index contributed by atoms with van der Waals surface area (Å²) in [5, 5.41) is 11.9. The van der Waals surface area contributed by atoms with Crippen molar-refractivity contribution in [1.82, 2.24) is 5.32 Å². The van der Waals surface area contributed by atoms with Gasteiger partial charge in [0, 0.05) is 13.2 Å².